The lowest BCUT2D eigenvalue weighted by atomic mass is 9.95. The fourth-order valence-electron chi connectivity index (χ4n) is 1.95. The van der Waals surface area contributed by atoms with E-state index in [1.807, 2.05) is 0 Å². The van der Waals surface area contributed by atoms with Crippen LogP contribution in [0.5, 0.6) is 0 Å². The van der Waals surface area contributed by atoms with E-state index in [0.717, 1.165) is 19.6 Å². The monoisotopic (exact) mass is 216 g/mol. The van der Waals surface area contributed by atoms with Crippen molar-refractivity contribution in [2.45, 2.75) is 45.1 Å². The molecule has 0 aliphatic carbocycles. The van der Waals surface area contributed by atoms with Gasteiger partial charge in [0, 0.05) is 13.7 Å². The summed E-state index contributed by atoms with van der Waals surface area (Å²) in [5.41, 5.74) is 5.92. The molecule has 15 heavy (non-hydrogen) atoms. The van der Waals surface area contributed by atoms with Crippen LogP contribution in [0, 0.1) is 0 Å². The van der Waals surface area contributed by atoms with Gasteiger partial charge in [0.2, 0.25) is 0 Å². The van der Waals surface area contributed by atoms with Gasteiger partial charge in [0.25, 0.3) is 0 Å². The quantitative estimate of drug-likeness (QED) is 0.598. The SMILES string of the molecule is CCCCCN(C)C(CC)(CN)COC. The highest BCUT2D eigenvalue weighted by atomic mass is 16.5. The molecule has 92 valence electrons. The maximum Gasteiger partial charge on any atom is 0.0658 e. The molecular formula is C12H28N2O. The van der Waals surface area contributed by atoms with Gasteiger partial charge in [-0.05, 0) is 26.4 Å². The fourth-order valence-corrected chi connectivity index (χ4v) is 1.95. The van der Waals surface area contributed by atoms with E-state index >= 15 is 0 Å². The summed E-state index contributed by atoms with van der Waals surface area (Å²) >= 11 is 0. The molecule has 0 aliphatic rings. The number of nitrogens with zero attached hydrogens (tertiary/aromatic N) is 1. The number of hydrogen-bond donors (Lipinski definition) is 1. The van der Waals surface area contributed by atoms with Gasteiger partial charge in [0.15, 0.2) is 0 Å². The van der Waals surface area contributed by atoms with Gasteiger partial charge in [0.05, 0.1) is 12.1 Å². The highest BCUT2D eigenvalue weighted by Crippen LogP contribution is 2.18. The molecule has 0 fully saturated rings. The standard InChI is InChI=1S/C12H28N2O/c1-5-7-8-9-14(3)12(6-2,10-13)11-15-4/h5-11,13H2,1-4H3. The molecule has 0 rings (SSSR count). The van der Waals surface area contributed by atoms with Crippen molar-refractivity contribution in [3.8, 4) is 0 Å². The predicted octanol–water partition coefficient (Wildman–Crippen LogP) is 1.86. The van der Waals surface area contributed by atoms with Crippen molar-refractivity contribution in [1.82, 2.24) is 4.90 Å². The summed E-state index contributed by atoms with van der Waals surface area (Å²) in [7, 11) is 3.91. The van der Waals surface area contributed by atoms with Crippen LogP contribution in [0.4, 0.5) is 0 Å². The van der Waals surface area contributed by atoms with Gasteiger partial charge >= 0.3 is 0 Å². The molecule has 0 amide bonds. The largest absolute Gasteiger partial charge is 0.383 e. The Morgan fingerprint density at radius 2 is 1.93 bits per heavy atom. The summed E-state index contributed by atoms with van der Waals surface area (Å²) in [6, 6.07) is 0. The van der Waals surface area contributed by atoms with Crippen molar-refractivity contribution >= 4 is 0 Å². The maximum absolute atomic E-state index is 5.89. The van der Waals surface area contributed by atoms with Crippen LogP contribution >= 0.6 is 0 Å². The van der Waals surface area contributed by atoms with E-state index in [9.17, 15) is 0 Å². The maximum atomic E-state index is 5.89. The van der Waals surface area contributed by atoms with Crippen LogP contribution in [0.2, 0.25) is 0 Å². The van der Waals surface area contributed by atoms with E-state index < -0.39 is 0 Å². The number of rotatable bonds is 9. The number of unbranched alkanes of at least 4 members (excludes halogenated alkanes) is 2. The lowest BCUT2D eigenvalue weighted by molar-refractivity contribution is 0.0272. The second kappa shape index (κ2) is 8.08. The Morgan fingerprint density at radius 3 is 2.33 bits per heavy atom. The van der Waals surface area contributed by atoms with Gasteiger partial charge in [-0.15, -0.1) is 0 Å². The molecule has 0 aromatic heterocycles. The third-order valence-electron chi connectivity index (χ3n) is 3.36. The minimum Gasteiger partial charge on any atom is -0.383 e. The number of methoxy groups -OCH3 is 1. The predicted molar refractivity (Wildman–Crippen MR) is 66.1 cm³/mol. The summed E-state index contributed by atoms with van der Waals surface area (Å²) in [6.07, 6.45) is 4.85. The molecule has 2 N–H and O–H groups in total. The first-order chi connectivity index (χ1) is 7.16. The second-order valence-electron chi connectivity index (χ2n) is 4.34. The van der Waals surface area contributed by atoms with Crippen molar-refractivity contribution in [2.24, 2.45) is 5.73 Å². The summed E-state index contributed by atoms with van der Waals surface area (Å²) in [5.74, 6) is 0. The Hall–Kier alpha value is -0.120. The minimum atomic E-state index is 0.0302. The Kier molecular flexibility index (Phi) is 8.02. The molecule has 0 aromatic carbocycles. The molecular weight excluding hydrogens is 188 g/mol. The smallest absolute Gasteiger partial charge is 0.0658 e. The summed E-state index contributed by atoms with van der Waals surface area (Å²) < 4.78 is 5.29. The first-order valence-electron chi connectivity index (χ1n) is 6.07. The van der Waals surface area contributed by atoms with E-state index in [0.29, 0.717) is 6.54 Å². The van der Waals surface area contributed by atoms with Crippen LogP contribution in [0.1, 0.15) is 39.5 Å². The molecule has 0 aliphatic heterocycles. The van der Waals surface area contributed by atoms with Crippen LogP contribution in [0.25, 0.3) is 0 Å². The van der Waals surface area contributed by atoms with Crippen molar-refractivity contribution in [3.05, 3.63) is 0 Å². The third-order valence-corrected chi connectivity index (χ3v) is 3.36. The molecule has 1 unspecified atom stereocenters. The van der Waals surface area contributed by atoms with Crippen molar-refractivity contribution in [2.75, 3.05) is 33.9 Å². The molecule has 0 spiro atoms. The van der Waals surface area contributed by atoms with Gasteiger partial charge in [-0.25, -0.2) is 0 Å². The number of hydrogen-bond acceptors (Lipinski definition) is 3. The molecule has 1 atom stereocenters. The highest BCUT2D eigenvalue weighted by Gasteiger charge is 2.30. The third kappa shape index (κ3) is 4.49. The fraction of sp³-hybridized carbons (Fsp3) is 1.00. The Balaban J connectivity index is 4.19. The van der Waals surface area contributed by atoms with Gasteiger partial charge in [0.1, 0.15) is 0 Å². The topological polar surface area (TPSA) is 38.5 Å². The molecule has 0 heterocycles. The first kappa shape index (κ1) is 14.9. The zero-order valence-corrected chi connectivity index (χ0v) is 10.9. The zero-order valence-electron chi connectivity index (χ0n) is 10.9. The number of ether oxygens (including phenoxy) is 1. The van der Waals surface area contributed by atoms with E-state index in [4.69, 9.17) is 10.5 Å². The van der Waals surface area contributed by atoms with Crippen LogP contribution < -0.4 is 5.73 Å². The number of likely N-dealkylation sites (N-methyl/N-ethyl adjacent to an activating group) is 1. The average molecular weight is 216 g/mol. The van der Waals surface area contributed by atoms with Crippen LogP contribution in [-0.4, -0.2) is 44.3 Å². The van der Waals surface area contributed by atoms with Crippen molar-refractivity contribution in [1.29, 1.82) is 0 Å². The van der Waals surface area contributed by atoms with Crippen LogP contribution in [0.3, 0.4) is 0 Å². The van der Waals surface area contributed by atoms with E-state index in [2.05, 4.69) is 25.8 Å². The Bertz CT molecular complexity index is 147. The molecule has 0 aromatic rings. The molecule has 0 radical (unpaired) electrons. The van der Waals surface area contributed by atoms with Crippen molar-refractivity contribution < 1.29 is 4.74 Å². The normalized spacial score (nSPS) is 15.6. The summed E-state index contributed by atoms with van der Waals surface area (Å²) in [4.78, 5) is 2.37. The van der Waals surface area contributed by atoms with E-state index in [-0.39, 0.29) is 5.54 Å². The molecule has 0 bridgehead atoms. The first-order valence-corrected chi connectivity index (χ1v) is 6.07. The van der Waals surface area contributed by atoms with Gasteiger partial charge in [-0.2, -0.15) is 0 Å². The lowest BCUT2D eigenvalue weighted by Crippen LogP contribution is -2.55. The van der Waals surface area contributed by atoms with Gasteiger partial charge < -0.3 is 10.5 Å². The van der Waals surface area contributed by atoms with E-state index in [1.165, 1.54) is 19.3 Å². The molecule has 3 nitrogen and oxygen atoms in total. The zero-order chi connectivity index (χ0) is 11.7. The van der Waals surface area contributed by atoms with E-state index in [1.54, 1.807) is 7.11 Å². The average Bonchev–Trinajstić information content (AvgIpc) is 2.26. The summed E-state index contributed by atoms with van der Waals surface area (Å²) in [5, 5.41) is 0. The highest BCUT2D eigenvalue weighted by molar-refractivity contribution is 4.89. The number of nitrogens with two attached hydrogens (primary N) is 1. The van der Waals surface area contributed by atoms with Gasteiger partial charge in [-0.3, -0.25) is 4.90 Å². The Morgan fingerprint density at radius 1 is 1.27 bits per heavy atom. The molecule has 0 saturated carbocycles. The van der Waals surface area contributed by atoms with Crippen molar-refractivity contribution in [3.63, 3.8) is 0 Å². The summed E-state index contributed by atoms with van der Waals surface area (Å²) in [6.45, 7) is 6.91. The Labute approximate surface area is 95.0 Å². The second-order valence-corrected chi connectivity index (χ2v) is 4.34. The lowest BCUT2D eigenvalue weighted by Gasteiger charge is -2.40. The van der Waals surface area contributed by atoms with Gasteiger partial charge in [-0.1, -0.05) is 26.7 Å². The molecule has 0 saturated heterocycles. The minimum absolute atomic E-state index is 0.0302. The molecule has 3 heteroatoms. The van der Waals surface area contributed by atoms with Crippen LogP contribution in [0.15, 0.2) is 0 Å². The van der Waals surface area contributed by atoms with Crippen LogP contribution in [-0.2, 0) is 4.74 Å².